The van der Waals surface area contributed by atoms with Gasteiger partial charge >= 0.3 is 6.18 Å². The second kappa shape index (κ2) is 7.50. The van der Waals surface area contributed by atoms with Crippen molar-refractivity contribution in [3.05, 3.63) is 58.6 Å². The van der Waals surface area contributed by atoms with Gasteiger partial charge < -0.3 is 5.32 Å². The molecular weight excluding hydrogens is 453 g/mol. The average Bonchev–Trinajstić information content (AvgIpc) is 3.05. The summed E-state index contributed by atoms with van der Waals surface area (Å²) < 4.78 is 61.6. The minimum Gasteiger partial charge on any atom is -0.324 e. The SMILES string of the molecule is NS(=O)(=O)c1ccc(C2C(C(=O)Nc3ccc(C(F)(F)F)cc3Cl)C23CCCC3)cc1. The molecule has 2 aromatic carbocycles. The minimum absolute atomic E-state index is 0.00471. The zero-order chi connectivity index (χ0) is 22.6. The first-order valence-corrected chi connectivity index (χ1v) is 11.7. The molecule has 1 amide bonds. The van der Waals surface area contributed by atoms with Crippen molar-refractivity contribution in [3.63, 3.8) is 0 Å². The molecule has 5 nitrogen and oxygen atoms in total. The summed E-state index contributed by atoms with van der Waals surface area (Å²) in [5, 5.41) is 7.65. The van der Waals surface area contributed by atoms with E-state index < -0.39 is 21.8 Å². The second-order valence-electron chi connectivity index (χ2n) is 8.19. The number of nitrogens with two attached hydrogens (primary N) is 1. The van der Waals surface area contributed by atoms with Gasteiger partial charge in [-0.2, -0.15) is 13.2 Å². The number of anilines is 1. The van der Waals surface area contributed by atoms with E-state index >= 15 is 0 Å². The van der Waals surface area contributed by atoms with Crippen LogP contribution in [0.25, 0.3) is 0 Å². The fourth-order valence-corrected chi connectivity index (χ4v) is 5.69. The Balaban J connectivity index is 1.57. The highest BCUT2D eigenvalue weighted by atomic mass is 35.5. The maximum Gasteiger partial charge on any atom is 0.416 e. The Bertz CT molecular complexity index is 1130. The Hall–Kier alpha value is -2.10. The summed E-state index contributed by atoms with van der Waals surface area (Å²) in [6, 6.07) is 9.01. The maximum absolute atomic E-state index is 13.1. The molecule has 10 heteroatoms. The third-order valence-corrected chi connectivity index (χ3v) is 7.64. The van der Waals surface area contributed by atoms with Gasteiger partial charge in [-0.25, -0.2) is 13.6 Å². The molecule has 31 heavy (non-hydrogen) atoms. The molecule has 2 aromatic rings. The number of primary sulfonamides is 1. The second-order valence-corrected chi connectivity index (χ2v) is 10.2. The number of rotatable bonds is 4. The zero-order valence-corrected chi connectivity index (χ0v) is 17.8. The van der Waals surface area contributed by atoms with Crippen LogP contribution in [0.4, 0.5) is 18.9 Å². The van der Waals surface area contributed by atoms with Crippen LogP contribution < -0.4 is 10.5 Å². The van der Waals surface area contributed by atoms with E-state index in [1.165, 1.54) is 12.1 Å². The lowest BCUT2D eigenvalue weighted by atomic mass is 9.97. The fraction of sp³-hybridized carbons (Fsp3) is 0.381. The molecule has 0 saturated heterocycles. The van der Waals surface area contributed by atoms with Crippen molar-refractivity contribution in [2.24, 2.45) is 16.5 Å². The van der Waals surface area contributed by atoms with Crippen LogP contribution in [0.15, 0.2) is 47.4 Å². The van der Waals surface area contributed by atoms with Crippen molar-refractivity contribution in [1.29, 1.82) is 0 Å². The van der Waals surface area contributed by atoms with Crippen molar-refractivity contribution in [1.82, 2.24) is 0 Å². The third-order valence-electron chi connectivity index (χ3n) is 6.40. The van der Waals surface area contributed by atoms with Crippen LogP contribution in [0.1, 0.15) is 42.7 Å². The highest BCUT2D eigenvalue weighted by molar-refractivity contribution is 7.89. The van der Waals surface area contributed by atoms with Gasteiger partial charge in [0.1, 0.15) is 0 Å². The van der Waals surface area contributed by atoms with E-state index in [1.807, 2.05) is 0 Å². The van der Waals surface area contributed by atoms with E-state index in [0.717, 1.165) is 49.4 Å². The lowest BCUT2D eigenvalue weighted by Crippen LogP contribution is -2.18. The van der Waals surface area contributed by atoms with E-state index in [9.17, 15) is 26.4 Å². The van der Waals surface area contributed by atoms with E-state index in [4.69, 9.17) is 16.7 Å². The Kier molecular flexibility index (Phi) is 5.34. The molecule has 1 spiro atoms. The molecule has 166 valence electrons. The molecule has 0 aliphatic heterocycles. The number of sulfonamides is 1. The summed E-state index contributed by atoms with van der Waals surface area (Å²) in [4.78, 5) is 13.1. The topological polar surface area (TPSA) is 89.3 Å². The zero-order valence-electron chi connectivity index (χ0n) is 16.2. The lowest BCUT2D eigenvalue weighted by molar-refractivity contribution is -0.137. The van der Waals surface area contributed by atoms with Crippen LogP contribution in [0, 0.1) is 11.3 Å². The summed E-state index contributed by atoms with van der Waals surface area (Å²) in [6.07, 6.45) is -0.848. The standard InChI is InChI=1S/C21H20ClF3N2O3S/c22-15-11-13(21(23,24)25)5-8-16(15)27-19(28)18-17(20(18)9-1-2-10-20)12-3-6-14(7-4-12)31(26,29)30/h3-8,11,17-18H,1-2,9-10H2,(H,27,28)(H2,26,29,30). The van der Waals surface area contributed by atoms with Crippen molar-refractivity contribution >= 4 is 33.2 Å². The quantitative estimate of drug-likeness (QED) is 0.662. The first-order chi connectivity index (χ1) is 14.4. The molecule has 2 fully saturated rings. The molecule has 0 heterocycles. The summed E-state index contributed by atoms with van der Waals surface area (Å²) in [5.74, 6) is -0.768. The summed E-state index contributed by atoms with van der Waals surface area (Å²) in [7, 11) is -3.82. The number of hydrogen-bond donors (Lipinski definition) is 2. The minimum atomic E-state index is -4.52. The Labute approximate surface area is 182 Å². The summed E-state index contributed by atoms with van der Waals surface area (Å²) >= 11 is 5.99. The molecule has 4 rings (SSSR count). The summed E-state index contributed by atoms with van der Waals surface area (Å²) in [6.45, 7) is 0. The molecule has 0 aromatic heterocycles. The molecular formula is C21H20ClF3N2O3S. The number of benzene rings is 2. The van der Waals surface area contributed by atoms with Crippen LogP contribution in [0.3, 0.4) is 0 Å². The van der Waals surface area contributed by atoms with Crippen LogP contribution in [0.2, 0.25) is 5.02 Å². The number of alkyl halides is 3. The van der Waals surface area contributed by atoms with Crippen LogP contribution in [-0.4, -0.2) is 14.3 Å². The highest BCUT2D eigenvalue weighted by Gasteiger charge is 2.68. The number of carbonyl (C=O) groups excluding carboxylic acids is 1. The van der Waals surface area contributed by atoms with Crippen molar-refractivity contribution in [2.45, 2.75) is 42.7 Å². The van der Waals surface area contributed by atoms with Gasteiger partial charge in [-0.3, -0.25) is 4.79 Å². The van der Waals surface area contributed by atoms with Crippen LogP contribution >= 0.6 is 11.6 Å². The van der Waals surface area contributed by atoms with Gasteiger partial charge in [-0.1, -0.05) is 36.6 Å². The van der Waals surface area contributed by atoms with Gasteiger partial charge in [-0.15, -0.1) is 0 Å². The van der Waals surface area contributed by atoms with Gasteiger partial charge in [-0.05, 0) is 54.2 Å². The molecule has 3 N–H and O–H groups in total. The normalized spacial score (nSPS) is 22.5. The largest absolute Gasteiger partial charge is 0.416 e. The first kappa shape index (κ1) is 22.1. The predicted molar refractivity (Wildman–Crippen MR) is 110 cm³/mol. The highest BCUT2D eigenvalue weighted by Crippen LogP contribution is 2.72. The van der Waals surface area contributed by atoms with E-state index in [0.29, 0.717) is 0 Å². The molecule has 2 saturated carbocycles. The molecule has 2 unspecified atom stereocenters. The van der Waals surface area contributed by atoms with E-state index in [1.54, 1.807) is 12.1 Å². The average molecular weight is 473 g/mol. The molecule has 2 aliphatic carbocycles. The monoisotopic (exact) mass is 472 g/mol. The fourth-order valence-electron chi connectivity index (χ4n) is 4.95. The maximum atomic E-state index is 13.1. The van der Waals surface area contributed by atoms with E-state index in [-0.39, 0.29) is 38.8 Å². The van der Waals surface area contributed by atoms with Crippen LogP contribution in [0.5, 0.6) is 0 Å². The Morgan fingerprint density at radius 3 is 2.23 bits per heavy atom. The number of amides is 1. The number of hydrogen-bond acceptors (Lipinski definition) is 3. The number of nitrogens with one attached hydrogen (secondary N) is 1. The first-order valence-electron chi connectivity index (χ1n) is 9.74. The number of carbonyl (C=O) groups is 1. The van der Waals surface area contributed by atoms with Crippen LogP contribution in [-0.2, 0) is 21.0 Å². The Morgan fingerprint density at radius 2 is 1.71 bits per heavy atom. The molecule has 2 aliphatic rings. The van der Waals surface area contributed by atoms with Gasteiger partial charge in [0.15, 0.2) is 0 Å². The molecule has 2 atom stereocenters. The predicted octanol–water partition coefficient (Wildman–Crippen LogP) is 4.92. The van der Waals surface area contributed by atoms with Gasteiger partial charge in [0.05, 0.1) is 27.1 Å². The van der Waals surface area contributed by atoms with Gasteiger partial charge in [0.25, 0.3) is 0 Å². The van der Waals surface area contributed by atoms with Crippen molar-refractivity contribution in [2.75, 3.05) is 5.32 Å². The molecule has 0 bridgehead atoms. The number of halogens is 4. The van der Waals surface area contributed by atoms with E-state index in [2.05, 4.69) is 5.32 Å². The summed E-state index contributed by atoms with van der Waals surface area (Å²) in [5.41, 5.74) is -0.149. The van der Waals surface area contributed by atoms with Crippen molar-refractivity contribution < 1.29 is 26.4 Å². The van der Waals surface area contributed by atoms with Gasteiger partial charge in [0.2, 0.25) is 15.9 Å². The lowest BCUT2D eigenvalue weighted by Gasteiger charge is -2.12. The Morgan fingerprint density at radius 1 is 1.10 bits per heavy atom. The van der Waals surface area contributed by atoms with Crippen molar-refractivity contribution in [3.8, 4) is 0 Å². The molecule has 0 radical (unpaired) electrons. The third kappa shape index (κ3) is 4.06. The smallest absolute Gasteiger partial charge is 0.324 e. The van der Waals surface area contributed by atoms with Gasteiger partial charge in [0, 0.05) is 5.92 Å².